The molecule has 1 amide bonds. The number of sulfonamides is 1. The molecule has 34 heavy (non-hydrogen) atoms. The number of rotatable bonds is 10. The topological polar surface area (TPSA) is 69.7 Å². The van der Waals surface area contributed by atoms with Gasteiger partial charge in [0, 0.05) is 37.3 Å². The van der Waals surface area contributed by atoms with E-state index in [1.54, 1.807) is 4.31 Å². The monoisotopic (exact) mass is 513 g/mol. The number of anilines is 1. The summed E-state index contributed by atoms with van der Waals surface area (Å²) in [6.45, 7) is 7.85. The fourth-order valence-corrected chi connectivity index (χ4v) is 6.26. The molecule has 0 unspecified atom stereocenters. The molecule has 1 atom stereocenters. The van der Waals surface area contributed by atoms with Crippen molar-refractivity contribution >= 4 is 34.0 Å². The molecule has 1 aromatic rings. The third-order valence-corrected chi connectivity index (χ3v) is 8.67. The van der Waals surface area contributed by atoms with Crippen LogP contribution in [0.5, 0.6) is 0 Å². The van der Waals surface area contributed by atoms with Gasteiger partial charge in [-0.15, -0.1) is 12.4 Å². The number of hydrogen-bond acceptors (Lipinski definition) is 4. The average Bonchev–Trinajstić information content (AvgIpc) is 2.79. The first-order valence-electron chi connectivity index (χ1n) is 12.8. The lowest BCUT2D eigenvalue weighted by Crippen LogP contribution is -2.44. The maximum atomic E-state index is 12.6. The molecule has 3 rings (SSSR count). The summed E-state index contributed by atoms with van der Waals surface area (Å²) in [5, 5.41) is 3.16. The van der Waals surface area contributed by atoms with E-state index in [2.05, 4.69) is 36.2 Å². The Morgan fingerprint density at radius 1 is 1.15 bits per heavy atom. The highest BCUT2D eigenvalue weighted by Crippen LogP contribution is 2.26. The van der Waals surface area contributed by atoms with Gasteiger partial charge in [-0.25, -0.2) is 12.7 Å². The number of carbonyl (C=O) groups is 1. The molecule has 0 aromatic heterocycles. The highest BCUT2D eigenvalue weighted by Gasteiger charge is 2.27. The number of benzene rings is 1. The van der Waals surface area contributed by atoms with E-state index >= 15 is 0 Å². The Bertz CT molecular complexity index is 866. The molecule has 1 aliphatic carbocycles. The third-order valence-electron chi connectivity index (χ3n) is 7.37. The maximum Gasteiger partial charge on any atom is 0.227 e. The van der Waals surface area contributed by atoms with E-state index in [1.165, 1.54) is 18.2 Å². The predicted molar refractivity (Wildman–Crippen MR) is 143 cm³/mol. The van der Waals surface area contributed by atoms with Crippen LogP contribution in [0.4, 0.5) is 5.69 Å². The van der Waals surface area contributed by atoms with E-state index in [4.69, 9.17) is 0 Å². The van der Waals surface area contributed by atoms with E-state index in [0.717, 1.165) is 70.1 Å². The van der Waals surface area contributed by atoms with Crippen LogP contribution < -0.4 is 5.32 Å². The number of nitrogens with one attached hydrogen (secondary N) is 1. The highest BCUT2D eigenvalue weighted by molar-refractivity contribution is 7.88. The van der Waals surface area contributed by atoms with Crippen molar-refractivity contribution in [2.75, 3.05) is 37.8 Å². The van der Waals surface area contributed by atoms with Crippen LogP contribution in [0.25, 0.3) is 0 Å². The summed E-state index contributed by atoms with van der Waals surface area (Å²) in [6, 6.07) is 8.72. The molecule has 1 aliphatic heterocycles. The molecule has 0 bridgehead atoms. The van der Waals surface area contributed by atoms with Crippen LogP contribution in [0.1, 0.15) is 70.8 Å². The zero-order chi connectivity index (χ0) is 23.8. The SMILES string of the molecule is CCCN(CC1CCN(S(C)(=O)=O)CC1)[C@@H](C)Cc1cccc(NC(=O)C2CCCCC2)c1.Cl. The molecule has 0 spiro atoms. The summed E-state index contributed by atoms with van der Waals surface area (Å²) in [6.07, 6.45) is 10.8. The summed E-state index contributed by atoms with van der Waals surface area (Å²) < 4.78 is 25.2. The Morgan fingerprint density at radius 3 is 2.44 bits per heavy atom. The summed E-state index contributed by atoms with van der Waals surface area (Å²) in [5.41, 5.74) is 2.16. The van der Waals surface area contributed by atoms with Crippen molar-refractivity contribution < 1.29 is 13.2 Å². The van der Waals surface area contributed by atoms with E-state index in [-0.39, 0.29) is 24.2 Å². The third kappa shape index (κ3) is 8.81. The number of hydrogen-bond donors (Lipinski definition) is 1. The van der Waals surface area contributed by atoms with Crippen molar-refractivity contribution in [3.63, 3.8) is 0 Å². The number of piperidine rings is 1. The molecule has 6 nitrogen and oxygen atoms in total. The highest BCUT2D eigenvalue weighted by atomic mass is 35.5. The molecule has 0 radical (unpaired) electrons. The van der Waals surface area contributed by atoms with E-state index in [0.29, 0.717) is 25.0 Å². The Morgan fingerprint density at radius 2 is 1.82 bits per heavy atom. The number of carbonyl (C=O) groups excluding carboxylic acids is 1. The van der Waals surface area contributed by atoms with Crippen molar-refractivity contribution in [3.05, 3.63) is 29.8 Å². The normalized spacial score (nSPS) is 19.5. The van der Waals surface area contributed by atoms with Crippen LogP contribution >= 0.6 is 12.4 Å². The second-order valence-electron chi connectivity index (χ2n) is 10.2. The van der Waals surface area contributed by atoms with Crippen LogP contribution in [0.2, 0.25) is 0 Å². The van der Waals surface area contributed by atoms with Gasteiger partial charge in [0.25, 0.3) is 0 Å². The van der Waals surface area contributed by atoms with Gasteiger partial charge in [-0.05, 0) is 75.6 Å². The Kier molecular flexibility index (Phi) is 11.8. The smallest absolute Gasteiger partial charge is 0.227 e. The van der Waals surface area contributed by atoms with Gasteiger partial charge < -0.3 is 10.2 Å². The van der Waals surface area contributed by atoms with Gasteiger partial charge in [0.2, 0.25) is 15.9 Å². The standard InChI is InChI=1S/C26H43N3O3S.ClH/c1-4-15-28(20-22-13-16-29(17-14-22)33(3,31)32)21(2)18-23-9-8-12-25(19-23)27-26(30)24-10-6-5-7-11-24;/h8-9,12,19,21-22,24H,4-7,10-11,13-18,20H2,1-3H3,(H,27,30);1H/t21-;/m0./s1. The van der Waals surface area contributed by atoms with Crippen molar-refractivity contribution in [2.24, 2.45) is 11.8 Å². The van der Waals surface area contributed by atoms with Crippen LogP contribution in [0.15, 0.2) is 24.3 Å². The van der Waals surface area contributed by atoms with Gasteiger partial charge in [-0.2, -0.15) is 0 Å². The second kappa shape index (κ2) is 13.8. The fraction of sp³-hybridized carbons (Fsp3) is 0.731. The quantitative estimate of drug-likeness (QED) is 0.481. The van der Waals surface area contributed by atoms with Gasteiger partial charge in [-0.1, -0.05) is 38.3 Å². The molecule has 194 valence electrons. The second-order valence-corrected chi connectivity index (χ2v) is 12.2. The lowest BCUT2D eigenvalue weighted by molar-refractivity contribution is -0.120. The van der Waals surface area contributed by atoms with Gasteiger partial charge in [0.1, 0.15) is 0 Å². The summed E-state index contributed by atoms with van der Waals surface area (Å²) in [7, 11) is -3.08. The minimum Gasteiger partial charge on any atom is -0.326 e. The minimum absolute atomic E-state index is 0. The molecule has 1 saturated heterocycles. The zero-order valence-electron chi connectivity index (χ0n) is 21.2. The van der Waals surface area contributed by atoms with Crippen LogP contribution in [0, 0.1) is 11.8 Å². The Balaban J connectivity index is 0.00000408. The van der Waals surface area contributed by atoms with Gasteiger partial charge >= 0.3 is 0 Å². The molecule has 2 aliphatic rings. The predicted octanol–water partition coefficient (Wildman–Crippen LogP) is 4.94. The molecule has 1 saturated carbocycles. The molecular formula is C26H44ClN3O3S. The maximum absolute atomic E-state index is 12.6. The largest absolute Gasteiger partial charge is 0.326 e. The number of amides is 1. The van der Waals surface area contributed by atoms with Crippen LogP contribution in [0.3, 0.4) is 0 Å². The van der Waals surface area contributed by atoms with Crippen molar-refractivity contribution in [1.29, 1.82) is 0 Å². The first-order chi connectivity index (χ1) is 15.8. The van der Waals surface area contributed by atoms with Crippen molar-refractivity contribution in [2.45, 2.75) is 77.7 Å². The summed E-state index contributed by atoms with van der Waals surface area (Å²) in [5.74, 6) is 0.876. The molecule has 1 heterocycles. The Labute approximate surface area is 213 Å². The van der Waals surface area contributed by atoms with E-state index in [9.17, 15) is 13.2 Å². The molecule has 8 heteroatoms. The average molecular weight is 514 g/mol. The first-order valence-corrected chi connectivity index (χ1v) is 14.7. The number of nitrogens with zero attached hydrogens (tertiary/aromatic N) is 2. The van der Waals surface area contributed by atoms with Crippen molar-refractivity contribution in [3.8, 4) is 0 Å². The summed E-state index contributed by atoms with van der Waals surface area (Å²) in [4.78, 5) is 15.2. The molecular weight excluding hydrogens is 470 g/mol. The van der Waals surface area contributed by atoms with E-state index < -0.39 is 10.0 Å². The Hall–Kier alpha value is -1.15. The minimum atomic E-state index is -3.08. The molecule has 2 fully saturated rings. The molecule has 1 N–H and O–H groups in total. The molecule has 1 aromatic carbocycles. The van der Waals surface area contributed by atoms with Crippen molar-refractivity contribution in [1.82, 2.24) is 9.21 Å². The van der Waals surface area contributed by atoms with Crippen LogP contribution in [-0.4, -0.2) is 62.0 Å². The number of halogens is 1. The van der Waals surface area contributed by atoms with Crippen LogP contribution in [-0.2, 0) is 21.2 Å². The first kappa shape index (κ1) is 29.1. The summed E-state index contributed by atoms with van der Waals surface area (Å²) >= 11 is 0. The fourth-order valence-electron chi connectivity index (χ4n) is 5.39. The lowest BCUT2D eigenvalue weighted by Gasteiger charge is -2.36. The van der Waals surface area contributed by atoms with E-state index in [1.807, 2.05) is 12.1 Å². The lowest BCUT2D eigenvalue weighted by atomic mass is 9.88. The van der Waals surface area contributed by atoms with Gasteiger partial charge in [-0.3, -0.25) is 4.79 Å². The zero-order valence-corrected chi connectivity index (χ0v) is 22.8. The van der Waals surface area contributed by atoms with Gasteiger partial charge in [0.05, 0.1) is 6.26 Å². The van der Waals surface area contributed by atoms with Gasteiger partial charge in [0.15, 0.2) is 0 Å².